The molecule has 0 spiro atoms. The molecular formula is C42H76O12. The summed E-state index contributed by atoms with van der Waals surface area (Å²) in [5.74, 6) is -1.01. The predicted molar refractivity (Wildman–Crippen MR) is 212 cm³/mol. The summed E-state index contributed by atoms with van der Waals surface area (Å²) in [5, 5.41) is 16.5. The van der Waals surface area contributed by atoms with Crippen molar-refractivity contribution in [1.29, 1.82) is 0 Å². The third-order valence-corrected chi connectivity index (χ3v) is 8.15. The number of methoxy groups -OCH3 is 1. The summed E-state index contributed by atoms with van der Waals surface area (Å²) in [6.45, 7) is 26.6. The first-order chi connectivity index (χ1) is 25.3. The number of carbonyl (C=O) groups excluding carboxylic acids is 4. The van der Waals surface area contributed by atoms with E-state index in [-0.39, 0.29) is 66.2 Å². The summed E-state index contributed by atoms with van der Waals surface area (Å²) < 4.78 is 24.5. The lowest BCUT2D eigenvalue weighted by Crippen LogP contribution is -2.26. The molecule has 1 aromatic rings. The van der Waals surface area contributed by atoms with Crippen LogP contribution in [-0.2, 0) is 54.3 Å². The van der Waals surface area contributed by atoms with Crippen LogP contribution in [0.3, 0.4) is 0 Å². The van der Waals surface area contributed by atoms with Gasteiger partial charge in [-0.05, 0) is 57.4 Å². The number of aliphatic carboxylic acids is 1. The second-order valence-electron chi connectivity index (χ2n) is 13.9. The minimum absolute atomic E-state index is 0.00119. The van der Waals surface area contributed by atoms with Crippen molar-refractivity contribution in [2.75, 3.05) is 40.1 Å². The third kappa shape index (κ3) is 34.3. The minimum atomic E-state index is -0.706. The van der Waals surface area contributed by atoms with Crippen molar-refractivity contribution < 1.29 is 57.9 Å². The molecule has 0 radical (unpaired) electrons. The Kier molecular flexibility index (Phi) is 38.6. The Balaban J connectivity index is -0.000000294. The van der Waals surface area contributed by atoms with Crippen LogP contribution in [0, 0.1) is 35.0 Å². The maximum atomic E-state index is 11.3. The molecule has 4 unspecified atom stereocenters. The van der Waals surface area contributed by atoms with E-state index in [4.69, 9.17) is 29.2 Å². The van der Waals surface area contributed by atoms with E-state index in [2.05, 4.69) is 4.74 Å². The van der Waals surface area contributed by atoms with Crippen LogP contribution in [0.25, 0.3) is 0 Å². The number of aliphatic hydroxyl groups excluding tert-OH is 1. The highest BCUT2D eigenvalue weighted by Crippen LogP contribution is 2.21. The Morgan fingerprint density at radius 3 is 1.43 bits per heavy atom. The monoisotopic (exact) mass is 773 g/mol. The van der Waals surface area contributed by atoms with Crippen LogP contribution >= 0.6 is 0 Å². The van der Waals surface area contributed by atoms with Crippen molar-refractivity contribution in [3.05, 3.63) is 35.9 Å². The van der Waals surface area contributed by atoms with Gasteiger partial charge in [-0.25, -0.2) is 0 Å². The molecule has 2 N–H and O–H groups in total. The number of carboxylic acids is 1. The zero-order valence-corrected chi connectivity index (χ0v) is 36.0. The molecule has 12 nitrogen and oxygen atoms in total. The summed E-state index contributed by atoms with van der Waals surface area (Å²) in [7, 11) is 1.58. The number of benzene rings is 1. The quantitative estimate of drug-likeness (QED) is 0.0784. The van der Waals surface area contributed by atoms with Crippen molar-refractivity contribution in [2.24, 2.45) is 35.0 Å². The van der Waals surface area contributed by atoms with E-state index in [1.54, 1.807) is 21.0 Å². The zero-order valence-electron chi connectivity index (χ0n) is 36.0. The average Bonchev–Trinajstić information content (AvgIpc) is 3.17. The molecule has 0 aliphatic carbocycles. The van der Waals surface area contributed by atoms with Crippen molar-refractivity contribution in [1.82, 2.24) is 0 Å². The first kappa shape index (κ1) is 57.2. The molecule has 0 bridgehead atoms. The van der Waals surface area contributed by atoms with Gasteiger partial charge >= 0.3 is 29.8 Å². The number of hydrogen-bond acceptors (Lipinski definition) is 11. The number of esters is 4. The van der Waals surface area contributed by atoms with E-state index in [0.717, 1.165) is 37.7 Å². The lowest BCUT2D eigenvalue weighted by molar-refractivity contribution is -0.155. The lowest BCUT2D eigenvalue weighted by atomic mass is 9.91. The highest BCUT2D eigenvalue weighted by molar-refractivity contribution is 5.75. The van der Waals surface area contributed by atoms with E-state index < -0.39 is 5.97 Å². The summed E-state index contributed by atoms with van der Waals surface area (Å²) in [6, 6.07) is 9.71. The Morgan fingerprint density at radius 1 is 0.630 bits per heavy atom. The van der Waals surface area contributed by atoms with Crippen molar-refractivity contribution in [2.45, 2.75) is 129 Å². The van der Waals surface area contributed by atoms with E-state index in [0.29, 0.717) is 32.3 Å². The van der Waals surface area contributed by atoms with E-state index in [1.165, 1.54) is 0 Å². The van der Waals surface area contributed by atoms with Gasteiger partial charge < -0.3 is 33.9 Å². The molecular weight excluding hydrogens is 696 g/mol. The third-order valence-electron chi connectivity index (χ3n) is 8.15. The molecule has 316 valence electrons. The summed E-state index contributed by atoms with van der Waals surface area (Å²) in [5.41, 5.74) is 0.664. The van der Waals surface area contributed by atoms with Crippen LogP contribution in [0.5, 0.6) is 0 Å². The maximum Gasteiger partial charge on any atom is 0.311 e. The van der Waals surface area contributed by atoms with Gasteiger partial charge in [-0.2, -0.15) is 0 Å². The normalized spacial score (nSPS) is 12.4. The first-order valence-electron chi connectivity index (χ1n) is 19.3. The molecule has 1 rings (SSSR count). The summed E-state index contributed by atoms with van der Waals surface area (Å²) in [6.07, 6.45) is 3.98. The smallest absolute Gasteiger partial charge is 0.311 e. The molecule has 0 fully saturated rings. The van der Waals surface area contributed by atoms with Crippen LogP contribution in [0.15, 0.2) is 30.3 Å². The highest BCUT2D eigenvalue weighted by Gasteiger charge is 2.26. The zero-order chi connectivity index (χ0) is 42.7. The molecule has 12 heteroatoms. The fourth-order valence-electron chi connectivity index (χ4n) is 2.78. The van der Waals surface area contributed by atoms with Gasteiger partial charge in [0.2, 0.25) is 0 Å². The van der Waals surface area contributed by atoms with Crippen LogP contribution in [0.2, 0.25) is 0 Å². The topological polar surface area (TPSA) is 172 Å². The van der Waals surface area contributed by atoms with Gasteiger partial charge in [0.05, 0.1) is 48.9 Å². The molecule has 0 saturated heterocycles. The minimum Gasteiger partial charge on any atom is -0.481 e. The van der Waals surface area contributed by atoms with Gasteiger partial charge in [0.15, 0.2) is 0 Å². The number of hydrogen-bond donors (Lipinski definition) is 2. The molecule has 54 heavy (non-hydrogen) atoms. The standard InChI is InChI=1S/C12H16O2.C9H18O3.C9H18O2.C7H14O3.C5H10O2/c1-3-10(2)12(13)14-9-11-7-5-4-6-8-11;1-5-9(2,3)8(10)12-7-6-11-4;1-5-8(4)9(10)11-6-7(2)3;1-3-6(2)7(9)10-5-4-8;1-3-4(2)5(6)7/h4-8,10H,3,9H2,1-2H3;5-7H2,1-4H3;7-8H,5-6H2,1-4H3;6,8H,3-5H2,1-2H3;4H,3H2,1-2H3,(H,6,7). The predicted octanol–water partition coefficient (Wildman–Crippen LogP) is 8.30. The van der Waals surface area contributed by atoms with Gasteiger partial charge in [0.25, 0.3) is 0 Å². The summed E-state index contributed by atoms with van der Waals surface area (Å²) in [4.78, 5) is 54.4. The molecule has 1 aromatic carbocycles. The average molecular weight is 773 g/mol. The lowest BCUT2D eigenvalue weighted by Gasteiger charge is -2.19. The molecule has 0 aliphatic rings. The largest absolute Gasteiger partial charge is 0.481 e. The Labute approximate surface area is 327 Å². The Bertz CT molecular complexity index is 1090. The second kappa shape index (κ2) is 36.5. The molecule has 0 aromatic heterocycles. The number of ether oxygens (including phenoxy) is 5. The first-order valence-corrected chi connectivity index (χ1v) is 19.3. The van der Waals surface area contributed by atoms with Gasteiger partial charge in [0.1, 0.15) is 19.8 Å². The van der Waals surface area contributed by atoms with Gasteiger partial charge in [0, 0.05) is 7.11 Å². The van der Waals surface area contributed by atoms with Crippen LogP contribution in [-0.4, -0.2) is 80.2 Å². The van der Waals surface area contributed by atoms with Gasteiger partial charge in [-0.3, -0.25) is 24.0 Å². The Morgan fingerprint density at radius 2 is 1.07 bits per heavy atom. The van der Waals surface area contributed by atoms with Crippen LogP contribution in [0.1, 0.15) is 128 Å². The maximum absolute atomic E-state index is 11.3. The van der Waals surface area contributed by atoms with Crippen molar-refractivity contribution in [3.63, 3.8) is 0 Å². The van der Waals surface area contributed by atoms with E-state index >= 15 is 0 Å². The Hall–Kier alpha value is -3.51. The fraction of sp³-hybridized carbons (Fsp3) is 0.738. The molecule has 0 aliphatic heterocycles. The second-order valence-corrected chi connectivity index (χ2v) is 13.9. The SMILES string of the molecule is CCC(C)(C)C(=O)OCCOC.CCC(C)C(=O)O.CCC(C)C(=O)OCC(C)C.CCC(C)C(=O)OCCO.CCC(C)C(=O)OCc1ccccc1. The highest BCUT2D eigenvalue weighted by atomic mass is 16.6. The van der Waals surface area contributed by atoms with Gasteiger partial charge in [-0.1, -0.05) is 106 Å². The van der Waals surface area contributed by atoms with Crippen LogP contribution < -0.4 is 0 Å². The van der Waals surface area contributed by atoms with Crippen molar-refractivity contribution >= 4 is 29.8 Å². The molecule has 4 atom stereocenters. The number of aliphatic hydroxyl groups is 1. The van der Waals surface area contributed by atoms with Crippen LogP contribution in [0.4, 0.5) is 0 Å². The number of rotatable bonds is 19. The van der Waals surface area contributed by atoms with E-state index in [1.807, 2.05) is 106 Å². The van der Waals surface area contributed by atoms with Gasteiger partial charge in [-0.15, -0.1) is 0 Å². The van der Waals surface area contributed by atoms with E-state index in [9.17, 15) is 24.0 Å². The molecule has 0 amide bonds. The molecule has 0 heterocycles. The fourth-order valence-corrected chi connectivity index (χ4v) is 2.78. The molecule has 0 saturated carbocycles. The van der Waals surface area contributed by atoms with Crippen molar-refractivity contribution in [3.8, 4) is 0 Å². The summed E-state index contributed by atoms with van der Waals surface area (Å²) >= 11 is 0. The number of carbonyl (C=O) groups is 5. The number of carboxylic acid groups (broad SMARTS) is 1.